The van der Waals surface area contributed by atoms with E-state index in [-0.39, 0.29) is 56.5 Å². The average molecular weight is 865 g/mol. The fourth-order valence-electron chi connectivity index (χ4n) is 8.55. The topological polar surface area (TPSA) is 198 Å². The van der Waals surface area contributed by atoms with Crippen LogP contribution in [0.15, 0.2) is 41.2 Å². The van der Waals surface area contributed by atoms with Crippen LogP contribution in [0.4, 0.5) is 5.69 Å². The molecule has 16 heteroatoms. The Bertz CT molecular complexity index is 2130. The van der Waals surface area contributed by atoms with E-state index in [1.165, 1.54) is 47.7 Å². The smallest absolute Gasteiger partial charge is 0.312 e. The summed E-state index contributed by atoms with van der Waals surface area (Å²) in [6.45, 7) is 16.0. The molecular formula is C46H64N4O12. The lowest BCUT2D eigenvalue weighted by atomic mass is 9.78. The number of hydrogen-bond donors (Lipinski definition) is 4. The van der Waals surface area contributed by atoms with Crippen molar-refractivity contribution in [3.05, 3.63) is 52.8 Å². The Morgan fingerprint density at radius 1 is 0.968 bits per heavy atom. The number of nitrogens with one attached hydrogen (secondary N) is 1. The zero-order valence-electron chi connectivity index (χ0n) is 38.0. The molecule has 340 valence electrons. The standard InChI is InChI=1S/C46H64N4O12/c1-24-15-13-14-16-25(2)45(56)48-36-31(23-47-50-20-18-49(9)19-21-50)39(54)33-34(43(36)59-12)41(58-11)29(6)42-35(33)44(55)46(8,62-42)60-22-17-32(57-10)26(3)40(61-30(7)51)28(5)38(53)27(4)37(24)52/h13-14,16-17,22-24,26-28,32,37-38,40,52-54H,15,18-21H2,1-12H3,(H,48,56)/b14-13-,22-17+,25-16-,47-23+/t24-,26+,27+,28?,32-,37-,38?,40+,46-/m0/s1. The number of benzene rings is 2. The molecule has 0 aromatic heterocycles. The first-order valence-corrected chi connectivity index (χ1v) is 21.0. The first-order valence-electron chi connectivity index (χ1n) is 21.0. The number of ketones is 1. The number of hydrazone groups is 1. The summed E-state index contributed by atoms with van der Waals surface area (Å²) in [6.07, 6.45) is 6.23. The number of allylic oxidation sites excluding steroid dienone is 3. The van der Waals surface area contributed by atoms with Crippen LogP contribution < -0.4 is 19.5 Å². The Morgan fingerprint density at radius 2 is 1.63 bits per heavy atom. The summed E-state index contributed by atoms with van der Waals surface area (Å²) >= 11 is 0. The highest BCUT2D eigenvalue weighted by molar-refractivity contribution is 6.24. The number of anilines is 1. The number of carbonyl (C=O) groups excluding carboxylic acids is 3. The number of likely N-dealkylation sites (N-methyl/N-ethyl adjacent to an activating group) is 1. The van der Waals surface area contributed by atoms with Crippen LogP contribution >= 0.6 is 0 Å². The molecule has 0 saturated carbocycles. The minimum Gasteiger partial charge on any atom is -0.506 e. The maximum atomic E-state index is 14.7. The van der Waals surface area contributed by atoms with Gasteiger partial charge in [-0.2, -0.15) is 5.10 Å². The second-order valence-electron chi connectivity index (χ2n) is 16.9. The molecule has 2 aromatic carbocycles. The van der Waals surface area contributed by atoms with Gasteiger partial charge in [-0.1, -0.05) is 45.9 Å². The van der Waals surface area contributed by atoms with Crippen molar-refractivity contribution in [3.63, 3.8) is 0 Å². The van der Waals surface area contributed by atoms with Gasteiger partial charge in [0.25, 0.3) is 11.7 Å². The number of piperazine rings is 1. The van der Waals surface area contributed by atoms with E-state index in [2.05, 4.69) is 10.2 Å². The summed E-state index contributed by atoms with van der Waals surface area (Å²) in [4.78, 5) is 43.3. The molecule has 9 atom stereocenters. The zero-order valence-corrected chi connectivity index (χ0v) is 38.0. The van der Waals surface area contributed by atoms with E-state index in [4.69, 9.17) is 33.5 Å². The molecule has 0 radical (unpaired) electrons. The van der Waals surface area contributed by atoms with Gasteiger partial charge in [-0.3, -0.25) is 19.4 Å². The second kappa shape index (κ2) is 19.9. The van der Waals surface area contributed by atoms with Gasteiger partial charge in [0.15, 0.2) is 5.75 Å². The number of Topliss-reactive ketones (excluding diaryl/α,β-unsaturated/α-hetero) is 1. The number of phenolic OH excluding ortho intramolecular Hbond substituents is 1. The summed E-state index contributed by atoms with van der Waals surface area (Å²) in [7, 11) is 6.35. The van der Waals surface area contributed by atoms with Crippen LogP contribution in [-0.4, -0.2) is 134 Å². The summed E-state index contributed by atoms with van der Waals surface area (Å²) in [6, 6.07) is 0. The normalized spacial score (nSPS) is 31.2. The largest absolute Gasteiger partial charge is 0.506 e. The lowest BCUT2D eigenvalue weighted by Crippen LogP contribution is -2.46. The molecule has 16 nitrogen and oxygen atoms in total. The molecule has 5 bridgehead atoms. The molecule has 0 aliphatic carbocycles. The monoisotopic (exact) mass is 864 g/mol. The Balaban J connectivity index is 1.73. The van der Waals surface area contributed by atoms with Crippen molar-refractivity contribution in [1.29, 1.82) is 0 Å². The summed E-state index contributed by atoms with van der Waals surface area (Å²) < 4.78 is 36.1. The quantitative estimate of drug-likeness (QED) is 0.215. The number of esters is 1. The number of ether oxygens (including phenoxy) is 6. The van der Waals surface area contributed by atoms with Crippen LogP contribution in [-0.2, 0) is 23.8 Å². The molecule has 4 N–H and O–H groups in total. The Kier molecular flexibility index (Phi) is 15.4. The van der Waals surface area contributed by atoms with E-state index in [0.29, 0.717) is 30.6 Å². The van der Waals surface area contributed by atoms with Gasteiger partial charge in [0.1, 0.15) is 23.4 Å². The third-order valence-electron chi connectivity index (χ3n) is 12.5. The van der Waals surface area contributed by atoms with Gasteiger partial charge in [-0.15, -0.1) is 0 Å². The molecule has 4 aliphatic heterocycles. The van der Waals surface area contributed by atoms with Gasteiger partial charge in [-0.05, 0) is 39.3 Å². The third kappa shape index (κ3) is 9.58. The number of aromatic hydroxyl groups is 1. The molecule has 1 fully saturated rings. The summed E-state index contributed by atoms with van der Waals surface area (Å²) in [5.41, 5.74) is 0.897. The van der Waals surface area contributed by atoms with Crippen molar-refractivity contribution >= 4 is 40.3 Å². The number of fused-ring (bicyclic) bond motifs is 15. The van der Waals surface area contributed by atoms with E-state index in [0.717, 1.165) is 13.1 Å². The molecule has 1 amide bonds. The molecule has 4 aliphatic rings. The highest BCUT2D eigenvalue weighted by Crippen LogP contribution is 2.55. The number of carbonyl (C=O) groups is 3. The van der Waals surface area contributed by atoms with Crippen molar-refractivity contribution in [2.75, 3.05) is 59.9 Å². The predicted molar refractivity (Wildman–Crippen MR) is 235 cm³/mol. The van der Waals surface area contributed by atoms with Crippen LogP contribution in [0.2, 0.25) is 0 Å². The van der Waals surface area contributed by atoms with E-state index < -0.39 is 65.6 Å². The van der Waals surface area contributed by atoms with E-state index in [1.54, 1.807) is 52.8 Å². The third-order valence-corrected chi connectivity index (χ3v) is 12.5. The van der Waals surface area contributed by atoms with Crippen molar-refractivity contribution in [2.24, 2.45) is 28.8 Å². The SMILES string of the molecule is COc1c(C)c2c3c4c(O)c(/C=N/N5CCN(C)CC5)c(c(OC)c14)NC(=O)/C(C)=C\C=C/C[C@H](C)[C@H](O)[C@@H](C)C(O)C(C)[C@H](OC(C)=O)[C@H](C)[C@@H](OC)/C=C/O[C@@](C)(O2)C3=O. The lowest BCUT2D eigenvalue weighted by molar-refractivity contribution is -0.160. The summed E-state index contributed by atoms with van der Waals surface area (Å²) in [5.74, 6) is -5.71. The van der Waals surface area contributed by atoms with Gasteiger partial charge >= 0.3 is 11.8 Å². The van der Waals surface area contributed by atoms with E-state index in [9.17, 15) is 29.7 Å². The molecule has 2 aromatic rings. The molecule has 2 unspecified atom stereocenters. The molecular weight excluding hydrogens is 801 g/mol. The lowest BCUT2D eigenvalue weighted by Gasteiger charge is -2.38. The maximum absolute atomic E-state index is 14.7. The molecule has 1 saturated heterocycles. The van der Waals surface area contributed by atoms with Crippen LogP contribution in [0.1, 0.15) is 76.4 Å². The first kappa shape index (κ1) is 47.9. The molecule has 4 heterocycles. The average Bonchev–Trinajstić information content (AvgIpc) is 3.51. The number of aliphatic hydroxyl groups excluding tert-OH is 2. The van der Waals surface area contributed by atoms with Crippen molar-refractivity contribution in [3.8, 4) is 23.0 Å². The Labute approximate surface area is 364 Å². The number of hydrogen-bond acceptors (Lipinski definition) is 15. The highest BCUT2D eigenvalue weighted by Gasteiger charge is 2.50. The van der Waals surface area contributed by atoms with Crippen molar-refractivity contribution in [1.82, 2.24) is 9.91 Å². The first-order chi connectivity index (χ1) is 29.3. The molecule has 6 rings (SSSR count). The van der Waals surface area contributed by atoms with Crippen LogP contribution in [0, 0.1) is 30.6 Å². The van der Waals surface area contributed by atoms with Crippen LogP contribution in [0.3, 0.4) is 0 Å². The number of nitrogens with zero attached hydrogens (tertiary/aromatic N) is 3. The van der Waals surface area contributed by atoms with Gasteiger partial charge in [-0.25, -0.2) is 0 Å². The fourth-order valence-corrected chi connectivity index (χ4v) is 8.55. The van der Waals surface area contributed by atoms with Crippen LogP contribution in [0.25, 0.3) is 10.8 Å². The van der Waals surface area contributed by atoms with Gasteiger partial charge in [0, 0.05) is 81.4 Å². The van der Waals surface area contributed by atoms with Gasteiger partial charge < -0.3 is 54.0 Å². The zero-order chi connectivity index (χ0) is 45.8. The minimum atomic E-state index is -1.95. The molecule has 0 spiro atoms. The second-order valence-corrected chi connectivity index (χ2v) is 16.9. The summed E-state index contributed by atoms with van der Waals surface area (Å²) in [5, 5.41) is 45.1. The number of amides is 1. The Morgan fingerprint density at radius 3 is 2.24 bits per heavy atom. The number of phenols is 1. The predicted octanol–water partition coefficient (Wildman–Crippen LogP) is 5.33. The Hall–Kier alpha value is -5.16. The number of rotatable bonds is 6. The fraction of sp³-hybridized carbons (Fsp3) is 0.565. The highest BCUT2D eigenvalue weighted by atomic mass is 16.7. The number of methoxy groups -OCH3 is 3. The number of aliphatic hydroxyl groups is 2. The van der Waals surface area contributed by atoms with Crippen LogP contribution in [0.5, 0.6) is 23.0 Å². The maximum Gasteiger partial charge on any atom is 0.312 e. The minimum absolute atomic E-state index is 0.00351. The van der Waals surface area contributed by atoms with E-state index in [1.807, 2.05) is 25.1 Å². The van der Waals surface area contributed by atoms with Crippen molar-refractivity contribution in [2.45, 2.75) is 92.0 Å². The van der Waals surface area contributed by atoms with Gasteiger partial charge in [0.05, 0.1) is 67.2 Å². The van der Waals surface area contributed by atoms with Gasteiger partial charge in [0.2, 0.25) is 0 Å². The van der Waals surface area contributed by atoms with Crippen molar-refractivity contribution < 1.29 is 58.1 Å². The molecule has 62 heavy (non-hydrogen) atoms. The van der Waals surface area contributed by atoms with E-state index >= 15 is 0 Å².